The van der Waals surface area contributed by atoms with Crippen molar-refractivity contribution in [2.45, 2.75) is 40.5 Å². The summed E-state index contributed by atoms with van der Waals surface area (Å²) in [6.45, 7) is 8.34. The summed E-state index contributed by atoms with van der Waals surface area (Å²) in [6, 6.07) is 0. The zero-order chi connectivity index (χ0) is 9.40. The second-order valence-electron chi connectivity index (χ2n) is 3.07. The van der Waals surface area contributed by atoms with Crippen LogP contribution >= 0.6 is 0 Å². The predicted octanol–water partition coefficient (Wildman–Crippen LogP) is 3.09. The van der Waals surface area contributed by atoms with Gasteiger partial charge in [0, 0.05) is 18.8 Å². The van der Waals surface area contributed by atoms with Crippen molar-refractivity contribution in [2.75, 3.05) is 0 Å². The summed E-state index contributed by atoms with van der Waals surface area (Å²) in [5.74, 6) is 13.4. The van der Waals surface area contributed by atoms with Gasteiger partial charge in [-0.15, -0.1) is 23.7 Å². The summed E-state index contributed by atoms with van der Waals surface area (Å²) in [4.78, 5) is 0. The lowest BCUT2D eigenvalue weighted by atomic mass is 9.94. The van der Waals surface area contributed by atoms with Crippen molar-refractivity contribution < 1.29 is 0 Å². The molecule has 0 bridgehead atoms. The summed E-state index contributed by atoms with van der Waals surface area (Å²) < 4.78 is 0. The number of hydrogen-bond donors (Lipinski definition) is 0. The van der Waals surface area contributed by atoms with Crippen LogP contribution in [0.2, 0.25) is 0 Å². The maximum Gasteiger partial charge on any atom is 0.0209 e. The Kier molecular flexibility index (Phi) is 6.31. The first kappa shape index (κ1) is 11.1. The Morgan fingerprint density at radius 3 is 2.33 bits per heavy atom. The molecule has 0 aliphatic rings. The van der Waals surface area contributed by atoms with Crippen molar-refractivity contribution in [3.8, 4) is 23.7 Å². The van der Waals surface area contributed by atoms with E-state index in [1.54, 1.807) is 0 Å². The average molecular weight is 162 g/mol. The molecule has 2 unspecified atom stereocenters. The van der Waals surface area contributed by atoms with Crippen molar-refractivity contribution in [2.24, 2.45) is 11.8 Å². The van der Waals surface area contributed by atoms with Crippen LogP contribution in [-0.4, -0.2) is 0 Å². The van der Waals surface area contributed by atoms with Gasteiger partial charge in [0.05, 0.1) is 0 Å². The second kappa shape index (κ2) is 6.81. The van der Waals surface area contributed by atoms with E-state index in [1.165, 1.54) is 0 Å². The van der Waals surface area contributed by atoms with Crippen molar-refractivity contribution >= 4 is 0 Å². The van der Waals surface area contributed by atoms with Crippen molar-refractivity contribution in [3.63, 3.8) is 0 Å². The van der Waals surface area contributed by atoms with Gasteiger partial charge < -0.3 is 0 Å². The molecule has 0 heterocycles. The van der Waals surface area contributed by atoms with Crippen LogP contribution in [0.5, 0.6) is 0 Å². The Labute approximate surface area is 76.8 Å². The van der Waals surface area contributed by atoms with Crippen LogP contribution < -0.4 is 0 Å². The Morgan fingerprint density at radius 2 is 1.83 bits per heavy atom. The molecule has 66 valence electrons. The van der Waals surface area contributed by atoms with Crippen LogP contribution in [0.3, 0.4) is 0 Å². The molecular formula is C12H18. The van der Waals surface area contributed by atoms with Crippen molar-refractivity contribution in [1.29, 1.82) is 0 Å². The highest BCUT2D eigenvalue weighted by atomic mass is 14.1. The van der Waals surface area contributed by atoms with Gasteiger partial charge in [-0.3, -0.25) is 0 Å². The number of hydrogen-bond acceptors (Lipinski definition) is 0. The summed E-state index contributed by atoms with van der Waals surface area (Å²) in [6.07, 6.45) is 1.93. The van der Waals surface area contributed by atoms with Crippen LogP contribution in [0.1, 0.15) is 40.5 Å². The molecule has 12 heavy (non-hydrogen) atoms. The van der Waals surface area contributed by atoms with E-state index >= 15 is 0 Å². The van der Waals surface area contributed by atoms with Gasteiger partial charge in [-0.1, -0.05) is 20.8 Å². The van der Waals surface area contributed by atoms with Crippen LogP contribution in [0, 0.1) is 35.5 Å². The second-order valence-corrected chi connectivity index (χ2v) is 3.07. The minimum atomic E-state index is 0.473. The first-order chi connectivity index (χ1) is 5.72. The van der Waals surface area contributed by atoms with Gasteiger partial charge in [-0.2, -0.15) is 0 Å². The quantitative estimate of drug-likeness (QED) is 0.547. The van der Waals surface area contributed by atoms with Crippen LogP contribution in [-0.2, 0) is 0 Å². The lowest BCUT2D eigenvalue weighted by Crippen LogP contribution is -2.04. The van der Waals surface area contributed by atoms with E-state index in [2.05, 4.69) is 44.5 Å². The normalized spacial score (nSPS) is 13.3. The highest BCUT2D eigenvalue weighted by molar-refractivity contribution is 5.05. The fourth-order valence-corrected chi connectivity index (χ4v) is 0.905. The minimum Gasteiger partial charge on any atom is -0.106 e. The summed E-state index contributed by atoms with van der Waals surface area (Å²) in [5.41, 5.74) is 0. The highest BCUT2D eigenvalue weighted by Gasteiger charge is 2.06. The van der Waals surface area contributed by atoms with Gasteiger partial charge in [0.25, 0.3) is 0 Å². The summed E-state index contributed by atoms with van der Waals surface area (Å²) in [5, 5.41) is 0. The Balaban J connectivity index is 3.83. The zero-order valence-corrected chi connectivity index (χ0v) is 8.57. The number of rotatable bonds is 2. The molecule has 0 N–H and O–H groups in total. The fraction of sp³-hybridized carbons (Fsp3) is 0.667. The van der Waals surface area contributed by atoms with E-state index in [4.69, 9.17) is 0 Å². The molecule has 0 aliphatic carbocycles. The first-order valence-electron chi connectivity index (χ1n) is 4.60. The van der Waals surface area contributed by atoms with Gasteiger partial charge in [-0.05, 0) is 12.8 Å². The third kappa shape index (κ3) is 4.86. The molecule has 2 atom stereocenters. The Hall–Kier alpha value is -0.880. The third-order valence-electron chi connectivity index (χ3n) is 1.95. The summed E-state index contributed by atoms with van der Waals surface area (Å²) >= 11 is 0. The van der Waals surface area contributed by atoms with Crippen molar-refractivity contribution in [1.82, 2.24) is 0 Å². The molecule has 0 nitrogen and oxygen atoms in total. The van der Waals surface area contributed by atoms with Crippen LogP contribution in [0.25, 0.3) is 0 Å². The van der Waals surface area contributed by atoms with E-state index in [1.807, 2.05) is 6.92 Å². The Morgan fingerprint density at radius 1 is 1.17 bits per heavy atom. The Bertz CT molecular complexity index is 216. The maximum absolute atomic E-state index is 3.16. The molecule has 0 heteroatoms. The molecule has 0 aromatic heterocycles. The monoisotopic (exact) mass is 162 g/mol. The van der Waals surface area contributed by atoms with Gasteiger partial charge in [-0.25, -0.2) is 0 Å². The van der Waals surface area contributed by atoms with Crippen LogP contribution in [0.4, 0.5) is 0 Å². The van der Waals surface area contributed by atoms with E-state index in [-0.39, 0.29) is 0 Å². The molecule has 0 spiro atoms. The van der Waals surface area contributed by atoms with E-state index in [9.17, 15) is 0 Å². The first-order valence-corrected chi connectivity index (χ1v) is 4.60. The lowest BCUT2D eigenvalue weighted by molar-refractivity contribution is 0.485. The highest BCUT2D eigenvalue weighted by Crippen LogP contribution is 2.12. The SMILES string of the molecule is CC#CC(C)C(C)CC#CCC. The lowest BCUT2D eigenvalue weighted by Gasteiger charge is -2.10. The van der Waals surface area contributed by atoms with Gasteiger partial charge in [0.2, 0.25) is 0 Å². The van der Waals surface area contributed by atoms with E-state index in [0.29, 0.717) is 11.8 Å². The molecule has 0 radical (unpaired) electrons. The smallest absolute Gasteiger partial charge is 0.0209 e. The molecule has 0 fully saturated rings. The van der Waals surface area contributed by atoms with Crippen molar-refractivity contribution in [3.05, 3.63) is 0 Å². The average Bonchev–Trinajstić information content (AvgIpc) is 2.05. The summed E-state index contributed by atoms with van der Waals surface area (Å²) in [7, 11) is 0. The zero-order valence-electron chi connectivity index (χ0n) is 8.57. The minimum absolute atomic E-state index is 0.473. The molecular weight excluding hydrogens is 144 g/mol. The fourth-order valence-electron chi connectivity index (χ4n) is 0.905. The van der Waals surface area contributed by atoms with Gasteiger partial charge in [0.1, 0.15) is 0 Å². The predicted molar refractivity (Wildman–Crippen MR) is 54.5 cm³/mol. The van der Waals surface area contributed by atoms with Crippen LogP contribution in [0.15, 0.2) is 0 Å². The standard InChI is InChI=1S/C12H18/c1-5-7-8-10-12(4)11(3)9-6-2/h11-12H,5,10H2,1-4H3. The van der Waals surface area contributed by atoms with E-state index < -0.39 is 0 Å². The molecule has 0 amide bonds. The topological polar surface area (TPSA) is 0 Å². The maximum atomic E-state index is 3.16. The van der Waals surface area contributed by atoms with Gasteiger partial charge in [0.15, 0.2) is 0 Å². The molecule has 0 saturated heterocycles. The molecule has 0 rings (SSSR count). The largest absolute Gasteiger partial charge is 0.106 e. The molecule has 0 aromatic rings. The van der Waals surface area contributed by atoms with Gasteiger partial charge >= 0.3 is 0 Å². The molecule has 0 aromatic carbocycles. The molecule has 0 saturated carbocycles. The molecule has 0 aliphatic heterocycles. The van der Waals surface area contributed by atoms with E-state index in [0.717, 1.165) is 12.8 Å². The third-order valence-corrected chi connectivity index (χ3v) is 1.95.